The summed E-state index contributed by atoms with van der Waals surface area (Å²) in [4.78, 5) is 9.12. The van der Waals surface area contributed by atoms with Gasteiger partial charge in [0.2, 0.25) is 0 Å². The van der Waals surface area contributed by atoms with Crippen molar-refractivity contribution in [1.82, 2.24) is 19.1 Å². The van der Waals surface area contributed by atoms with E-state index in [1.807, 2.05) is 36.9 Å². The molecule has 11 aromatic rings. The Bertz CT molecular complexity index is 3060. The van der Waals surface area contributed by atoms with E-state index in [1.165, 1.54) is 0 Å². The highest BCUT2D eigenvalue weighted by Gasteiger charge is 2.19. The van der Waals surface area contributed by atoms with Crippen LogP contribution < -0.4 is 0 Å². The number of para-hydroxylation sites is 2. The maximum atomic E-state index is 4.56. The summed E-state index contributed by atoms with van der Waals surface area (Å²) in [6.45, 7) is 0. The molecule has 0 atom stereocenters. The summed E-state index contributed by atoms with van der Waals surface area (Å²) < 4.78 is 4.90. The molecular weight excluding hydrogens is 705 g/mol. The van der Waals surface area contributed by atoms with Gasteiger partial charge in [0.25, 0.3) is 0 Å². The normalized spacial score (nSPS) is 11.4. The zero-order chi connectivity index (χ0) is 38.4. The molecule has 3 aromatic heterocycles. The molecule has 0 aliphatic rings. The van der Waals surface area contributed by atoms with E-state index in [2.05, 4.69) is 201 Å². The quantitative estimate of drug-likeness (QED) is 0.170. The summed E-state index contributed by atoms with van der Waals surface area (Å²) in [6, 6.07) is 70.4. The highest BCUT2D eigenvalue weighted by atomic mass is 15.0. The van der Waals surface area contributed by atoms with Crippen molar-refractivity contribution in [2.24, 2.45) is 0 Å². The lowest BCUT2D eigenvalue weighted by Crippen LogP contribution is -2.03. The maximum Gasteiger partial charge on any atom is 0.0547 e. The first-order chi connectivity index (χ1) is 28.8. The number of aromatic nitrogens is 4. The molecule has 0 saturated carbocycles. The largest absolute Gasteiger partial charge is 0.310 e. The first kappa shape index (κ1) is 33.5. The van der Waals surface area contributed by atoms with E-state index in [-0.39, 0.29) is 0 Å². The standard InChI is InChI=1S/C54H36N4/c1-5-15-37(16-6-1)47-31-45-33-51-49(47)27-41(39-19-13-25-55-35-39)29-53(51)58(44-23-11-4-12-24-44)46-32-48(38-17-7-2-8-18-38)50-28-42(40-20-14-26-56-36-40)30-54(52(50)34-46)57(45)43-21-9-3-10-22-43/h1-36H. The second kappa shape index (κ2) is 14.0. The summed E-state index contributed by atoms with van der Waals surface area (Å²) in [5.41, 5.74) is 15.4. The number of pyridine rings is 2. The van der Waals surface area contributed by atoms with Gasteiger partial charge in [0.05, 0.1) is 11.0 Å². The van der Waals surface area contributed by atoms with Gasteiger partial charge in [-0.15, -0.1) is 0 Å². The minimum atomic E-state index is 1.06. The molecule has 0 aliphatic heterocycles. The molecule has 11 rings (SSSR count). The molecule has 58 heavy (non-hydrogen) atoms. The Balaban J connectivity index is 1.46. The fourth-order valence-corrected chi connectivity index (χ4v) is 8.61. The number of benzene rings is 8. The SMILES string of the molecule is c1ccc(-c2cc3cc4c2cc(-c2cccnc2)cc4n(-c2ccccc2)c2cc(-c4ccccc4)c4cc(-c5cccnc5)cc(c4c2)n3-c2ccccc2)cc1. The van der Waals surface area contributed by atoms with E-state index in [4.69, 9.17) is 0 Å². The molecule has 4 bridgehead atoms. The van der Waals surface area contributed by atoms with Gasteiger partial charge >= 0.3 is 0 Å². The summed E-state index contributed by atoms with van der Waals surface area (Å²) in [5.74, 6) is 0. The van der Waals surface area contributed by atoms with Gasteiger partial charge in [-0.2, -0.15) is 0 Å². The number of hydrogen-bond donors (Lipinski definition) is 0. The number of fused-ring (bicyclic) bond motifs is 2. The molecule has 0 amide bonds. The smallest absolute Gasteiger partial charge is 0.0547 e. The zero-order valence-electron chi connectivity index (χ0n) is 31.6. The van der Waals surface area contributed by atoms with Crippen LogP contribution in [0.5, 0.6) is 0 Å². The molecule has 8 aromatic carbocycles. The van der Waals surface area contributed by atoms with E-state index < -0.39 is 0 Å². The van der Waals surface area contributed by atoms with Gasteiger partial charge in [0.1, 0.15) is 0 Å². The van der Waals surface area contributed by atoms with Gasteiger partial charge in [0, 0.05) is 69.1 Å². The molecule has 272 valence electrons. The fraction of sp³-hybridized carbons (Fsp3) is 0. The van der Waals surface area contributed by atoms with Gasteiger partial charge in [-0.25, -0.2) is 0 Å². The van der Waals surface area contributed by atoms with Crippen molar-refractivity contribution in [3.63, 3.8) is 0 Å². The highest BCUT2D eigenvalue weighted by Crippen LogP contribution is 2.42. The van der Waals surface area contributed by atoms with Crippen LogP contribution in [0, 0.1) is 0 Å². The second-order valence-electron chi connectivity index (χ2n) is 14.7. The third kappa shape index (κ3) is 5.78. The molecule has 0 radical (unpaired) electrons. The van der Waals surface area contributed by atoms with Crippen LogP contribution in [-0.4, -0.2) is 19.1 Å². The molecule has 0 spiro atoms. The first-order valence-electron chi connectivity index (χ1n) is 19.6. The molecule has 4 nitrogen and oxygen atoms in total. The second-order valence-corrected chi connectivity index (χ2v) is 14.7. The maximum absolute atomic E-state index is 4.56. The highest BCUT2D eigenvalue weighted by molar-refractivity contribution is 6.13. The molecule has 0 unspecified atom stereocenters. The van der Waals surface area contributed by atoms with Crippen LogP contribution in [0.2, 0.25) is 0 Å². The van der Waals surface area contributed by atoms with Crippen molar-refractivity contribution in [1.29, 1.82) is 0 Å². The van der Waals surface area contributed by atoms with Crippen molar-refractivity contribution in [3.8, 4) is 55.9 Å². The van der Waals surface area contributed by atoms with Crippen molar-refractivity contribution in [2.75, 3.05) is 0 Å². The summed E-state index contributed by atoms with van der Waals surface area (Å²) in [7, 11) is 0. The van der Waals surface area contributed by atoms with Crippen molar-refractivity contribution < 1.29 is 0 Å². The average Bonchev–Trinajstić information content (AvgIpc) is 3.30. The fourth-order valence-electron chi connectivity index (χ4n) is 8.61. The monoisotopic (exact) mass is 740 g/mol. The van der Waals surface area contributed by atoms with Crippen molar-refractivity contribution in [3.05, 3.63) is 219 Å². The topological polar surface area (TPSA) is 35.6 Å². The minimum Gasteiger partial charge on any atom is -0.310 e. The Morgan fingerprint density at radius 2 is 0.672 bits per heavy atom. The summed E-state index contributed by atoms with van der Waals surface area (Å²) in [5, 5.41) is 4.60. The van der Waals surface area contributed by atoms with Crippen LogP contribution in [0.1, 0.15) is 0 Å². The van der Waals surface area contributed by atoms with E-state index in [9.17, 15) is 0 Å². The number of nitrogens with zero attached hydrogens (tertiary/aromatic N) is 4. The lowest BCUT2D eigenvalue weighted by Gasteiger charge is -2.22. The molecule has 4 heteroatoms. The Hall–Kier alpha value is -7.82. The minimum absolute atomic E-state index is 1.06. The van der Waals surface area contributed by atoms with E-state index >= 15 is 0 Å². The zero-order valence-corrected chi connectivity index (χ0v) is 31.6. The summed E-state index contributed by atoms with van der Waals surface area (Å²) in [6.07, 6.45) is 7.60. The predicted molar refractivity (Wildman–Crippen MR) is 241 cm³/mol. The third-order valence-corrected chi connectivity index (χ3v) is 11.3. The average molecular weight is 741 g/mol. The summed E-state index contributed by atoms with van der Waals surface area (Å²) >= 11 is 0. The van der Waals surface area contributed by atoms with Crippen LogP contribution >= 0.6 is 0 Å². The van der Waals surface area contributed by atoms with Crippen molar-refractivity contribution in [2.45, 2.75) is 0 Å². The van der Waals surface area contributed by atoms with Crippen LogP contribution in [0.4, 0.5) is 0 Å². The first-order valence-corrected chi connectivity index (χ1v) is 19.6. The number of hydrogen-bond acceptors (Lipinski definition) is 2. The van der Waals surface area contributed by atoms with Gasteiger partial charge < -0.3 is 9.13 Å². The van der Waals surface area contributed by atoms with Crippen LogP contribution in [-0.2, 0) is 0 Å². The van der Waals surface area contributed by atoms with Gasteiger partial charge in [0.15, 0.2) is 0 Å². The van der Waals surface area contributed by atoms with Gasteiger partial charge in [-0.05, 0) is 129 Å². The molecule has 3 heterocycles. The molecule has 0 N–H and O–H groups in total. The van der Waals surface area contributed by atoms with E-state index in [0.717, 1.165) is 99.5 Å². The predicted octanol–water partition coefficient (Wildman–Crippen LogP) is 13.9. The third-order valence-electron chi connectivity index (χ3n) is 11.3. The van der Waals surface area contributed by atoms with Crippen LogP contribution in [0.25, 0.3) is 99.5 Å². The molecule has 0 saturated heterocycles. The molecular formula is C54H36N4. The Morgan fingerprint density at radius 3 is 1.05 bits per heavy atom. The number of rotatable bonds is 6. The van der Waals surface area contributed by atoms with E-state index in [1.54, 1.807) is 0 Å². The van der Waals surface area contributed by atoms with Crippen molar-refractivity contribution >= 4 is 43.6 Å². The van der Waals surface area contributed by atoms with Crippen LogP contribution in [0.15, 0.2) is 219 Å². The Kier molecular flexibility index (Phi) is 8.11. The lowest BCUT2D eigenvalue weighted by molar-refractivity contribution is 1.15. The Labute approximate surface area is 336 Å². The van der Waals surface area contributed by atoms with Gasteiger partial charge in [-0.3, -0.25) is 9.97 Å². The Morgan fingerprint density at radius 1 is 0.293 bits per heavy atom. The van der Waals surface area contributed by atoms with Gasteiger partial charge in [-0.1, -0.05) is 109 Å². The van der Waals surface area contributed by atoms with E-state index in [0.29, 0.717) is 0 Å². The molecule has 0 fully saturated rings. The molecule has 0 aliphatic carbocycles. The lowest BCUT2D eigenvalue weighted by atomic mass is 9.92. The van der Waals surface area contributed by atoms with Crippen LogP contribution in [0.3, 0.4) is 0 Å².